The van der Waals surface area contributed by atoms with Crippen LogP contribution in [-0.4, -0.2) is 8.42 Å². The summed E-state index contributed by atoms with van der Waals surface area (Å²) in [5.41, 5.74) is 7.70. The number of fused-ring (bicyclic) bond motifs is 3. The molecule has 0 atom stereocenters. The maximum atomic E-state index is 13.0. The van der Waals surface area contributed by atoms with E-state index in [4.69, 9.17) is 4.18 Å². The molecule has 0 amide bonds. The van der Waals surface area contributed by atoms with Crippen LogP contribution in [0.3, 0.4) is 0 Å². The summed E-state index contributed by atoms with van der Waals surface area (Å²) in [6, 6.07) is 40.8. The van der Waals surface area contributed by atoms with E-state index < -0.39 is 10.1 Å². The summed E-state index contributed by atoms with van der Waals surface area (Å²) in [5.74, 6) is 0.369. The monoisotopic (exact) mass is 474 g/mol. The molecule has 0 saturated heterocycles. The molecule has 0 radical (unpaired) electrons. The molecule has 4 heteroatoms. The van der Waals surface area contributed by atoms with Crippen LogP contribution in [-0.2, 0) is 10.1 Å². The molecule has 35 heavy (non-hydrogen) atoms. The molecule has 0 heterocycles. The van der Waals surface area contributed by atoms with Crippen LogP contribution in [0, 0.1) is 0 Å². The molecule has 0 fully saturated rings. The van der Waals surface area contributed by atoms with Gasteiger partial charge >= 0.3 is 10.1 Å². The molecule has 0 unspecified atom stereocenters. The minimum absolute atomic E-state index is 0.0599. The SMILES string of the molecule is O=S(=O)(Oc1ccc(C2c3ccccc3-c3ccccc32)cc1-c1ccccc1)c1ccccc1. The fraction of sp³-hybridized carbons (Fsp3) is 0.0323. The second kappa shape index (κ2) is 8.57. The van der Waals surface area contributed by atoms with E-state index in [-0.39, 0.29) is 10.8 Å². The first-order chi connectivity index (χ1) is 17.1. The highest BCUT2D eigenvalue weighted by atomic mass is 32.2. The second-order valence-electron chi connectivity index (χ2n) is 8.58. The van der Waals surface area contributed by atoms with Gasteiger partial charge in [0, 0.05) is 11.5 Å². The van der Waals surface area contributed by atoms with Crippen LogP contribution in [0.5, 0.6) is 5.75 Å². The molecule has 0 N–H and O–H groups in total. The average molecular weight is 475 g/mol. The van der Waals surface area contributed by atoms with Crippen molar-refractivity contribution < 1.29 is 12.6 Å². The highest BCUT2D eigenvalue weighted by Crippen LogP contribution is 2.49. The third kappa shape index (κ3) is 3.82. The summed E-state index contributed by atoms with van der Waals surface area (Å²) in [4.78, 5) is 0.127. The molecule has 0 bridgehead atoms. The summed E-state index contributed by atoms with van der Waals surface area (Å²) in [6.07, 6.45) is 0. The van der Waals surface area contributed by atoms with Gasteiger partial charge in [-0.25, -0.2) is 0 Å². The molecule has 5 aromatic carbocycles. The maximum Gasteiger partial charge on any atom is 0.339 e. The molecule has 3 nitrogen and oxygen atoms in total. The minimum atomic E-state index is -3.97. The predicted octanol–water partition coefficient (Wildman–Crippen LogP) is 7.28. The fourth-order valence-electron chi connectivity index (χ4n) is 4.91. The molecule has 0 aliphatic heterocycles. The largest absolute Gasteiger partial charge is 0.378 e. The Kier molecular flexibility index (Phi) is 5.24. The van der Waals surface area contributed by atoms with Crippen LogP contribution in [0.1, 0.15) is 22.6 Å². The highest BCUT2D eigenvalue weighted by Gasteiger charge is 2.30. The van der Waals surface area contributed by atoms with Gasteiger partial charge < -0.3 is 4.18 Å². The summed E-state index contributed by atoms with van der Waals surface area (Å²) < 4.78 is 31.8. The lowest BCUT2D eigenvalue weighted by Crippen LogP contribution is -2.10. The van der Waals surface area contributed by atoms with Crippen molar-refractivity contribution in [2.24, 2.45) is 0 Å². The van der Waals surface area contributed by atoms with Crippen LogP contribution < -0.4 is 4.18 Å². The third-order valence-electron chi connectivity index (χ3n) is 6.49. The fourth-order valence-corrected chi connectivity index (χ4v) is 5.88. The molecule has 6 rings (SSSR count). The third-order valence-corrected chi connectivity index (χ3v) is 7.74. The minimum Gasteiger partial charge on any atom is -0.378 e. The Balaban J connectivity index is 1.50. The number of rotatable bonds is 5. The van der Waals surface area contributed by atoms with Gasteiger partial charge in [-0.15, -0.1) is 0 Å². The van der Waals surface area contributed by atoms with Crippen LogP contribution >= 0.6 is 0 Å². The average Bonchev–Trinajstić information content (AvgIpc) is 3.24. The van der Waals surface area contributed by atoms with E-state index >= 15 is 0 Å². The summed E-state index contributed by atoms with van der Waals surface area (Å²) in [6.45, 7) is 0. The van der Waals surface area contributed by atoms with Crippen molar-refractivity contribution in [2.45, 2.75) is 10.8 Å². The van der Waals surface area contributed by atoms with Gasteiger partial charge in [0.2, 0.25) is 0 Å². The smallest absolute Gasteiger partial charge is 0.339 e. The highest BCUT2D eigenvalue weighted by molar-refractivity contribution is 7.87. The Labute approximate surface area is 205 Å². The van der Waals surface area contributed by atoms with Gasteiger partial charge in [0.05, 0.1) is 0 Å². The number of hydrogen-bond donors (Lipinski definition) is 0. The maximum absolute atomic E-state index is 13.0. The van der Waals surface area contributed by atoms with Crippen molar-refractivity contribution in [1.82, 2.24) is 0 Å². The molecule has 5 aromatic rings. The van der Waals surface area contributed by atoms with Gasteiger partial charge in [0.1, 0.15) is 4.90 Å². The lowest BCUT2D eigenvalue weighted by molar-refractivity contribution is 0.487. The van der Waals surface area contributed by atoms with Gasteiger partial charge in [-0.2, -0.15) is 8.42 Å². The second-order valence-corrected chi connectivity index (χ2v) is 10.1. The van der Waals surface area contributed by atoms with E-state index in [0.29, 0.717) is 5.75 Å². The van der Waals surface area contributed by atoms with Crippen molar-refractivity contribution in [1.29, 1.82) is 0 Å². The van der Waals surface area contributed by atoms with Gasteiger partial charge in [-0.1, -0.05) is 103 Å². The van der Waals surface area contributed by atoms with Gasteiger partial charge in [0.15, 0.2) is 5.75 Å². The van der Waals surface area contributed by atoms with E-state index in [2.05, 4.69) is 54.6 Å². The zero-order valence-electron chi connectivity index (χ0n) is 18.8. The molecule has 0 saturated carbocycles. The van der Waals surface area contributed by atoms with Crippen LogP contribution in [0.2, 0.25) is 0 Å². The van der Waals surface area contributed by atoms with Crippen LogP contribution in [0.25, 0.3) is 22.3 Å². The Morgan fingerprint density at radius 2 is 1.09 bits per heavy atom. The van der Waals surface area contributed by atoms with Crippen molar-refractivity contribution in [3.8, 4) is 28.0 Å². The normalized spacial score (nSPS) is 12.7. The van der Waals surface area contributed by atoms with Crippen molar-refractivity contribution in [3.05, 3.63) is 144 Å². The van der Waals surface area contributed by atoms with E-state index in [0.717, 1.165) is 16.7 Å². The van der Waals surface area contributed by atoms with Gasteiger partial charge in [0.25, 0.3) is 0 Å². The molecule has 170 valence electrons. The van der Waals surface area contributed by atoms with Crippen LogP contribution in [0.15, 0.2) is 132 Å². The number of hydrogen-bond acceptors (Lipinski definition) is 3. The quantitative estimate of drug-likeness (QED) is 0.247. The first-order valence-electron chi connectivity index (χ1n) is 11.5. The lowest BCUT2D eigenvalue weighted by atomic mass is 9.87. The van der Waals surface area contributed by atoms with E-state index in [1.54, 1.807) is 24.3 Å². The number of benzene rings is 5. The zero-order chi connectivity index (χ0) is 23.8. The standard InChI is InChI=1S/C31H22O3S/c32-35(33,24-13-5-2-6-14-24)34-30-20-19-23(21-29(30)22-11-3-1-4-12-22)31-27-17-9-7-15-25(27)26-16-8-10-18-28(26)31/h1-21,31H. The van der Waals surface area contributed by atoms with E-state index in [9.17, 15) is 8.42 Å². The predicted molar refractivity (Wildman–Crippen MR) is 139 cm³/mol. The zero-order valence-corrected chi connectivity index (χ0v) is 19.7. The first kappa shape index (κ1) is 21.4. The lowest BCUT2D eigenvalue weighted by Gasteiger charge is -2.18. The van der Waals surface area contributed by atoms with E-state index in [1.165, 1.54) is 34.4 Å². The van der Waals surface area contributed by atoms with Crippen molar-refractivity contribution in [3.63, 3.8) is 0 Å². The Morgan fingerprint density at radius 3 is 1.71 bits per heavy atom. The van der Waals surface area contributed by atoms with Gasteiger partial charge in [-0.05, 0) is 57.6 Å². The summed E-state index contributed by atoms with van der Waals surface area (Å²) in [7, 11) is -3.97. The summed E-state index contributed by atoms with van der Waals surface area (Å²) >= 11 is 0. The molecule has 0 spiro atoms. The van der Waals surface area contributed by atoms with Crippen molar-refractivity contribution >= 4 is 10.1 Å². The summed E-state index contributed by atoms with van der Waals surface area (Å²) in [5, 5.41) is 0. The first-order valence-corrected chi connectivity index (χ1v) is 12.9. The molecular weight excluding hydrogens is 452 g/mol. The van der Waals surface area contributed by atoms with Crippen molar-refractivity contribution in [2.75, 3.05) is 0 Å². The van der Waals surface area contributed by atoms with E-state index in [1.807, 2.05) is 36.4 Å². The topological polar surface area (TPSA) is 43.4 Å². The molecule has 1 aliphatic carbocycles. The van der Waals surface area contributed by atoms with Gasteiger partial charge in [-0.3, -0.25) is 0 Å². The van der Waals surface area contributed by atoms with Crippen LogP contribution in [0.4, 0.5) is 0 Å². The Morgan fingerprint density at radius 1 is 0.543 bits per heavy atom. The molecule has 0 aromatic heterocycles. The molecule has 1 aliphatic rings. The Hall–Kier alpha value is -4.15. The Bertz CT molecular complexity index is 1580. The molecular formula is C31H22O3S.